The largest absolute Gasteiger partial charge is 0.453 e. The quantitative estimate of drug-likeness (QED) is 0.421. The number of fused-ring (bicyclic) bond motifs is 1. The van der Waals surface area contributed by atoms with E-state index in [0.29, 0.717) is 28.6 Å². The van der Waals surface area contributed by atoms with E-state index in [-0.39, 0.29) is 23.5 Å². The molecule has 0 bridgehead atoms. The number of methoxy groups -OCH3 is 2. The van der Waals surface area contributed by atoms with E-state index in [1.54, 1.807) is 36.9 Å². The lowest BCUT2D eigenvalue weighted by atomic mass is 9.92. The van der Waals surface area contributed by atoms with Gasteiger partial charge in [0.2, 0.25) is 11.7 Å². The summed E-state index contributed by atoms with van der Waals surface area (Å²) in [5.74, 6) is 0.258. The Kier molecular flexibility index (Phi) is 6.03. The Balaban J connectivity index is 1.59. The number of nitrogens with one attached hydrogen (secondary N) is 1. The molecule has 4 rings (SSSR count). The summed E-state index contributed by atoms with van der Waals surface area (Å²) in [5.41, 5.74) is 0.634. The second kappa shape index (κ2) is 8.53. The Morgan fingerprint density at radius 1 is 1.31 bits per heavy atom. The van der Waals surface area contributed by atoms with E-state index in [9.17, 15) is 9.59 Å². The van der Waals surface area contributed by atoms with Crippen LogP contribution in [0.25, 0.3) is 11.0 Å². The van der Waals surface area contributed by atoms with Crippen LogP contribution < -0.4 is 5.32 Å². The molecule has 2 fully saturated rings. The molecular weight excluding hydrogens is 412 g/mol. The molecule has 1 aromatic heterocycles. The number of para-hydroxylation sites is 1. The number of amides is 1. The molecule has 2 aliphatic rings. The summed E-state index contributed by atoms with van der Waals surface area (Å²) in [6, 6.07) is 8.18. The summed E-state index contributed by atoms with van der Waals surface area (Å²) in [5, 5.41) is 3.97. The van der Waals surface area contributed by atoms with Gasteiger partial charge in [-0.1, -0.05) is 30.4 Å². The topological polar surface area (TPSA) is 81.0 Å². The van der Waals surface area contributed by atoms with Crippen LogP contribution in [-0.4, -0.2) is 72.2 Å². The minimum absolute atomic E-state index is 0.173. The molecule has 1 N–H and O–H groups in total. The van der Waals surface area contributed by atoms with Gasteiger partial charge < -0.3 is 24.1 Å². The SMILES string of the molecule is COC(OC)[C@@H]1CSCN1C(=O)[C@H]1NCC(=S)C1C(=O)c1cc2ccccc2o1. The average Bonchev–Trinajstić information content (AvgIpc) is 3.46. The molecule has 2 saturated heterocycles. The van der Waals surface area contributed by atoms with Gasteiger partial charge >= 0.3 is 0 Å². The summed E-state index contributed by atoms with van der Waals surface area (Å²) >= 11 is 7.07. The van der Waals surface area contributed by atoms with Gasteiger partial charge in [0, 0.05) is 36.8 Å². The third-order valence-corrected chi connectivity index (χ3v) is 6.81. The molecule has 154 valence electrons. The summed E-state index contributed by atoms with van der Waals surface area (Å²) in [4.78, 5) is 28.8. The molecule has 29 heavy (non-hydrogen) atoms. The van der Waals surface area contributed by atoms with Gasteiger partial charge in [-0.25, -0.2) is 0 Å². The third kappa shape index (κ3) is 3.73. The normalized spacial score (nSPS) is 24.7. The van der Waals surface area contributed by atoms with Gasteiger partial charge in [0.1, 0.15) is 11.6 Å². The van der Waals surface area contributed by atoms with Crippen molar-refractivity contribution >= 4 is 51.5 Å². The molecule has 2 aliphatic heterocycles. The van der Waals surface area contributed by atoms with Gasteiger partial charge in [0.15, 0.2) is 12.1 Å². The minimum atomic E-state index is -0.743. The Bertz CT molecular complexity index is 909. The maximum absolute atomic E-state index is 13.4. The van der Waals surface area contributed by atoms with E-state index in [2.05, 4.69) is 5.32 Å². The zero-order valence-electron chi connectivity index (χ0n) is 16.1. The molecule has 1 amide bonds. The molecule has 0 spiro atoms. The second-order valence-electron chi connectivity index (χ2n) is 7.03. The highest BCUT2D eigenvalue weighted by Gasteiger charge is 2.47. The number of thioether (sulfide) groups is 1. The number of ketones is 1. The Morgan fingerprint density at radius 2 is 2.07 bits per heavy atom. The van der Waals surface area contributed by atoms with E-state index < -0.39 is 18.2 Å². The number of ether oxygens (including phenoxy) is 2. The lowest BCUT2D eigenvalue weighted by Crippen LogP contribution is -2.53. The number of nitrogens with zero attached hydrogens (tertiary/aromatic N) is 1. The van der Waals surface area contributed by atoms with Crippen molar-refractivity contribution in [1.29, 1.82) is 0 Å². The van der Waals surface area contributed by atoms with Crippen LogP contribution in [0, 0.1) is 5.92 Å². The second-order valence-corrected chi connectivity index (χ2v) is 8.55. The van der Waals surface area contributed by atoms with Gasteiger partial charge in [-0.2, -0.15) is 0 Å². The molecule has 3 atom stereocenters. The number of carbonyl (C=O) groups excluding carboxylic acids is 2. The molecule has 0 saturated carbocycles. The third-order valence-electron chi connectivity index (χ3n) is 5.37. The smallest absolute Gasteiger partial charge is 0.241 e. The van der Waals surface area contributed by atoms with Crippen LogP contribution in [0.15, 0.2) is 34.7 Å². The van der Waals surface area contributed by atoms with Crippen molar-refractivity contribution in [2.24, 2.45) is 5.92 Å². The molecule has 1 unspecified atom stereocenters. The lowest BCUT2D eigenvalue weighted by molar-refractivity contribution is -0.157. The molecule has 0 radical (unpaired) electrons. The number of furan rings is 1. The zero-order chi connectivity index (χ0) is 20.5. The van der Waals surface area contributed by atoms with Crippen LogP contribution >= 0.6 is 24.0 Å². The Hall–Kier alpha value is -1.78. The molecular formula is C20H22N2O5S2. The predicted octanol–water partition coefficient (Wildman–Crippen LogP) is 2.09. The van der Waals surface area contributed by atoms with Crippen molar-refractivity contribution in [1.82, 2.24) is 10.2 Å². The highest BCUT2D eigenvalue weighted by Crippen LogP contribution is 2.30. The molecule has 7 nitrogen and oxygen atoms in total. The fourth-order valence-electron chi connectivity index (χ4n) is 3.91. The Morgan fingerprint density at radius 3 is 2.79 bits per heavy atom. The monoisotopic (exact) mass is 434 g/mol. The standard InChI is InChI=1S/C20H22N2O5S2/c1-25-20(26-2)12-9-29-10-22(12)19(24)17-16(15(28)8-21-17)18(23)14-7-11-5-3-4-6-13(11)27-14/h3-7,12,16-17,20-21H,8-10H2,1-2H3/t12-,16?,17-/m0/s1. The summed E-state index contributed by atoms with van der Waals surface area (Å²) in [7, 11) is 3.10. The number of Topliss-reactive ketones (excluding diaryl/α,β-unsaturated/α-hetero) is 1. The number of hydrogen-bond donors (Lipinski definition) is 1. The first-order valence-corrected chi connectivity index (χ1v) is 10.8. The van der Waals surface area contributed by atoms with E-state index in [0.717, 1.165) is 5.39 Å². The number of benzene rings is 1. The first-order valence-electron chi connectivity index (χ1n) is 9.28. The summed E-state index contributed by atoms with van der Waals surface area (Å²) in [6.45, 7) is 0.339. The molecule has 0 aliphatic carbocycles. The summed E-state index contributed by atoms with van der Waals surface area (Å²) in [6.07, 6.45) is -0.521. The van der Waals surface area contributed by atoms with Crippen LogP contribution in [0.4, 0.5) is 0 Å². The number of carbonyl (C=O) groups is 2. The van der Waals surface area contributed by atoms with E-state index in [1.165, 1.54) is 0 Å². The van der Waals surface area contributed by atoms with Crippen LogP contribution in [-0.2, 0) is 14.3 Å². The van der Waals surface area contributed by atoms with E-state index in [1.807, 2.05) is 24.3 Å². The lowest BCUT2D eigenvalue weighted by Gasteiger charge is -2.31. The summed E-state index contributed by atoms with van der Waals surface area (Å²) < 4.78 is 16.5. The highest BCUT2D eigenvalue weighted by atomic mass is 32.2. The minimum Gasteiger partial charge on any atom is -0.453 e. The zero-order valence-corrected chi connectivity index (χ0v) is 17.8. The van der Waals surface area contributed by atoms with Crippen molar-refractivity contribution < 1.29 is 23.5 Å². The van der Waals surface area contributed by atoms with Crippen molar-refractivity contribution in [3.63, 3.8) is 0 Å². The molecule has 2 aromatic rings. The van der Waals surface area contributed by atoms with Crippen LogP contribution in [0.1, 0.15) is 10.6 Å². The van der Waals surface area contributed by atoms with Gasteiger partial charge in [0.25, 0.3) is 0 Å². The molecule has 3 heterocycles. The first kappa shape index (κ1) is 20.5. The Labute approximate surface area is 178 Å². The van der Waals surface area contributed by atoms with Crippen molar-refractivity contribution in [2.45, 2.75) is 18.4 Å². The highest BCUT2D eigenvalue weighted by molar-refractivity contribution is 7.99. The van der Waals surface area contributed by atoms with Crippen LogP contribution in [0.2, 0.25) is 0 Å². The fourth-order valence-corrected chi connectivity index (χ4v) is 5.43. The molecule has 1 aromatic carbocycles. The number of rotatable bonds is 6. The van der Waals surface area contributed by atoms with Crippen molar-refractivity contribution in [2.75, 3.05) is 32.4 Å². The van der Waals surface area contributed by atoms with E-state index in [4.69, 9.17) is 26.1 Å². The maximum Gasteiger partial charge on any atom is 0.241 e. The number of thiocarbonyl (C=S) groups is 1. The number of hydrogen-bond acceptors (Lipinski definition) is 8. The van der Waals surface area contributed by atoms with Gasteiger partial charge in [0.05, 0.1) is 17.8 Å². The van der Waals surface area contributed by atoms with Crippen molar-refractivity contribution in [3.05, 3.63) is 36.1 Å². The van der Waals surface area contributed by atoms with Gasteiger partial charge in [-0.3, -0.25) is 9.59 Å². The first-order chi connectivity index (χ1) is 14.0. The van der Waals surface area contributed by atoms with E-state index >= 15 is 0 Å². The van der Waals surface area contributed by atoms with Crippen molar-refractivity contribution in [3.8, 4) is 0 Å². The predicted molar refractivity (Wildman–Crippen MR) is 114 cm³/mol. The molecule has 9 heteroatoms. The average molecular weight is 435 g/mol. The van der Waals surface area contributed by atoms with Gasteiger partial charge in [-0.05, 0) is 12.1 Å². The van der Waals surface area contributed by atoms with Crippen LogP contribution in [0.5, 0.6) is 0 Å². The van der Waals surface area contributed by atoms with Gasteiger partial charge in [-0.15, -0.1) is 11.8 Å². The fraction of sp³-hybridized carbons (Fsp3) is 0.450. The van der Waals surface area contributed by atoms with Crippen LogP contribution in [0.3, 0.4) is 0 Å². The maximum atomic E-state index is 13.4.